The number of fused-ring (bicyclic) bond motifs is 1. The molecule has 1 amide bonds. The van der Waals surface area contributed by atoms with Crippen molar-refractivity contribution in [1.82, 2.24) is 4.98 Å². The van der Waals surface area contributed by atoms with Crippen molar-refractivity contribution in [1.29, 1.82) is 0 Å². The summed E-state index contributed by atoms with van der Waals surface area (Å²) in [5.41, 5.74) is 9.33. The molecule has 1 aliphatic rings. The number of hydrogen-bond acceptors (Lipinski definition) is 1. The van der Waals surface area contributed by atoms with Crippen LogP contribution < -0.4 is 5.73 Å². The van der Waals surface area contributed by atoms with Crippen molar-refractivity contribution in [3.8, 4) is 0 Å². The summed E-state index contributed by atoms with van der Waals surface area (Å²) in [6, 6.07) is 16.4. The molecule has 0 radical (unpaired) electrons. The molecule has 1 heterocycles. The number of nitrogens with two attached hydrogens (primary N) is 1. The lowest BCUT2D eigenvalue weighted by Crippen LogP contribution is -2.18. The molecule has 3 N–H and O–H groups in total. The van der Waals surface area contributed by atoms with E-state index in [0.717, 1.165) is 33.8 Å². The van der Waals surface area contributed by atoms with Crippen LogP contribution in [0.5, 0.6) is 0 Å². The molecule has 1 saturated carbocycles. The average molecular weight is 355 g/mol. The van der Waals surface area contributed by atoms with Crippen LogP contribution in [0.25, 0.3) is 10.9 Å². The van der Waals surface area contributed by atoms with Crippen LogP contribution in [0.4, 0.5) is 0 Å². The lowest BCUT2D eigenvalue weighted by atomic mass is 9.86. The molecule has 1 aromatic heterocycles. The first kappa shape index (κ1) is 13.6. The van der Waals surface area contributed by atoms with Crippen LogP contribution in [0.2, 0.25) is 0 Å². The van der Waals surface area contributed by atoms with Gasteiger partial charge in [-0.2, -0.15) is 0 Å². The molecule has 0 spiro atoms. The van der Waals surface area contributed by atoms with Gasteiger partial charge in [-0.15, -0.1) is 0 Å². The van der Waals surface area contributed by atoms with Gasteiger partial charge >= 0.3 is 0 Å². The van der Waals surface area contributed by atoms with Crippen LogP contribution in [0.15, 0.2) is 53.0 Å². The molecule has 0 bridgehead atoms. The van der Waals surface area contributed by atoms with E-state index >= 15 is 0 Å². The highest BCUT2D eigenvalue weighted by molar-refractivity contribution is 9.10. The fraction of sp³-hybridized carbons (Fsp3) is 0.167. The van der Waals surface area contributed by atoms with E-state index in [1.165, 1.54) is 5.56 Å². The summed E-state index contributed by atoms with van der Waals surface area (Å²) in [6.45, 7) is 0. The minimum atomic E-state index is -0.399. The Kier molecular flexibility index (Phi) is 2.91. The predicted octanol–water partition coefficient (Wildman–Crippen LogP) is 4.11. The standard InChI is InChI=1S/C18H15BrN2O/c19-12-6-7-14-13(10-12)15(16(21-14)17(20)22)18(8-9-18)11-4-2-1-3-5-11/h1-7,10,21H,8-9H2,(H2,20,22). The van der Waals surface area contributed by atoms with Gasteiger partial charge in [-0.3, -0.25) is 4.79 Å². The Bertz CT molecular complexity index is 879. The molecular weight excluding hydrogens is 340 g/mol. The van der Waals surface area contributed by atoms with E-state index in [1.54, 1.807) is 0 Å². The zero-order valence-corrected chi connectivity index (χ0v) is 13.5. The third-order valence-corrected chi connectivity index (χ3v) is 5.06. The van der Waals surface area contributed by atoms with Crippen molar-refractivity contribution in [3.05, 3.63) is 69.8 Å². The fourth-order valence-corrected chi connectivity index (χ4v) is 3.77. The second kappa shape index (κ2) is 4.71. The second-order valence-electron chi connectivity index (χ2n) is 5.88. The molecule has 3 nitrogen and oxygen atoms in total. The quantitative estimate of drug-likeness (QED) is 0.730. The first-order valence-electron chi connectivity index (χ1n) is 7.29. The Hall–Kier alpha value is -2.07. The Balaban J connectivity index is 2.03. The zero-order chi connectivity index (χ0) is 15.3. The van der Waals surface area contributed by atoms with Gasteiger partial charge in [0.15, 0.2) is 0 Å². The number of halogens is 1. The van der Waals surface area contributed by atoms with Crippen LogP contribution in [0.3, 0.4) is 0 Å². The number of benzene rings is 2. The number of aromatic nitrogens is 1. The number of aromatic amines is 1. The third kappa shape index (κ3) is 1.91. The summed E-state index contributed by atoms with van der Waals surface area (Å²) in [6.07, 6.45) is 2.08. The molecule has 1 aliphatic carbocycles. The van der Waals surface area contributed by atoms with Crippen LogP contribution in [-0.4, -0.2) is 10.9 Å². The molecular formula is C18H15BrN2O. The average Bonchev–Trinajstić information content (AvgIpc) is 3.23. The van der Waals surface area contributed by atoms with E-state index < -0.39 is 5.91 Å². The number of H-pyrrole nitrogens is 1. The first-order valence-corrected chi connectivity index (χ1v) is 8.08. The Morgan fingerprint density at radius 3 is 2.50 bits per heavy atom. The van der Waals surface area contributed by atoms with Gasteiger partial charge < -0.3 is 10.7 Å². The molecule has 4 rings (SSSR count). The minimum absolute atomic E-state index is 0.0926. The van der Waals surface area contributed by atoms with Crippen LogP contribution in [-0.2, 0) is 5.41 Å². The molecule has 0 unspecified atom stereocenters. The number of nitrogens with one attached hydrogen (secondary N) is 1. The monoisotopic (exact) mass is 354 g/mol. The van der Waals surface area contributed by atoms with Gasteiger partial charge in [0.05, 0.1) is 0 Å². The minimum Gasteiger partial charge on any atom is -0.364 e. The highest BCUT2D eigenvalue weighted by Crippen LogP contribution is 2.56. The lowest BCUT2D eigenvalue weighted by molar-refractivity contribution is 0.0995. The van der Waals surface area contributed by atoms with Crippen LogP contribution >= 0.6 is 15.9 Å². The zero-order valence-electron chi connectivity index (χ0n) is 11.9. The molecule has 4 heteroatoms. The van der Waals surface area contributed by atoms with Crippen molar-refractivity contribution >= 4 is 32.7 Å². The van der Waals surface area contributed by atoms with E-state index in [-0.39, 0.29) is 5.41 Å². The maximum atomic E-state index is 12.0. The number of carbonyl (C=O) groups is 1. The number of amides is 1. The van der Waals surface area contributed by atoms with Gasteiger partial charge in [0.25, 0.3) is 5.91 Å². The predicted molar refractivity (Wildman–Crippen MR) is 91.0 cm³/mol. The lowest BCUT2D eigenvalue weighted by Gasteiger charge is -2.17. The largest absolute Gasteiger partial charge is 0.364 e. The van der Waals surface area contributed by atoms with E-state index in [1.807, 2.05) is 30.3 Å². The van der Waals surface area contributed by atoms with Gasteiger partial charge in [-0.05, 0) is 36.6 Å². The number of hydrogen-bond donors (Lipinski definition) is 2. The summed E-state index contributed by atoms with van der Waals surface area (Å²) in [7, 11) is 0. The highest BCUT2D eigenvalue weighted by Gasteiger charge is 2.49. The topological polar surface area (TPSA) is 58.9 Å². The molecule has 0 aliphatic heterocycles. The van der Waals surface area contributed by atoms with Crippen LogP contribution in [0, 0.1) is 0 Å². The van der Waals surface area contributed by atoms with E-state index in [4.69, 9.17) is 5.73 Å². The summed E-state index contributed by atoms with van der Waals surface area (Å²) in [4.78, 5) is 15.2. The molecule has 110 valence electrons. The van der Waals surface area contributed by atoms with Crippen molar-refractivity contribution in [2.24, 2.45) is 5.73 Å². The highest BCUT2D eigenvalue weighted by atomic mass is 79.9. The number of rotatable bonds is 3. The van der Waals surface area contributed by atoms with Crippen molar-refractivity contribution in [2.75, 3.05) is 0 Å². The van der Waals surface area contributed by atoms with Gasteiger partial charge in [-0.1, -0.05) is 46.3 Å². The second-order valence-corrected chi connectivity index (χ2v) is 6.79. The van der Waals surface area contributed by atoms with E-state index in [2.05, 4.69) is 39.1 Å². The van der Waals surface area contributed by atoms with Crippen molar-refractivity contribution in [2.45, 2.75) is 18.3 Å². The van der Waals surface area contributed by atoms with E-state index in [0.29, 0.717) is 5.69 Å². The maximum Gasteiger partial charge on any atom is 0.265 e. The Morgan fingerprint density at radius 1 is 1.14 bits per heavy atom. The number of carbonyl (C=O) groups excluding carboxylic acids is 1. The molecule has 22 heavy (non-hydrogen) atoms. The van der Waals surface area contributed by atoms with Crippen molar-refractivity contribution in [3.63, 3.8) is 0 Å². The van der Waals surface area contributed by atoms with Crippen molar-refractivity contribution < 1.29 is 4.79 Å². The summed E-state index contributed by atoms with van der Waals surface area (Å²) in [5.74, 6) is -0.399. The smallest absolute Gasteiger partial charge is 0.265 e. The molecule has 0 saturated heterocycles. The fourth-order valence-electron chi connectivity index (χ4n) is 3.41. The van der Waals surface area contributed by atoms with Gasteiger partial charge in [0.2, 0.25) is 0 Å². The first-order chi connectivity index (χ1) is 10.6. The van der Waals surface area contributed by atoms with Gasteiger partial charge in [-0.25, -0.2) is 0 Å². The molecule has 2 aromatic carbocycles. The van der Waals surface area contributed by atoms with Crippen LogP contribution in [0.1, 0.15) is 34.5 Å². The molecule has 3 aromatic rings. The van der Waals surface area contributed by atoms with Gasteiger partial charge in [0, 0.05) is 26.4 Å². The third-order valence-electron chi connectivity index (χ3n) is 4.56. The molecule has 0 atom stereocenters. The Morgan fingerprint density at radius 2 is 1.86 bits per heavy atom. The maximum absolute atomic E-state index is 12.0. The normalized spacial score (nSPS) is 15.9. The summed E-state index contributed by atoms with van der Waals surface area (Å²) < 4.78 is 1.00. The van der Waals surface area contributed by atoms with E-state index in [9.17, 15) is 4.79 Å². The molecule has 1 fully saturated rings. The number of primary amides is 1. The summed E-state index contributed by atoms with van der Waals surface area (Å²) in [5, 5.41) is 1.07. The Labute approximate surface area is 136 Å². The SMILES string of the molecule is NC(=O)c1[nH]c2ccc(Br)cc2c1C1(c2ccccc2)CC1. The summed E-state index contributed by atoms with van der Waals surface area (Å²) >= 11 is 3.53. The van der Waals surface area contributed by atoms with Gasteiger partial charge in [0.1, 0.15) is 5.69 Å².